The molecule has 2 atom stereocenters. The van der Waals surface area contributed by atoms with E-state index in [1.54, 1.807) is 0 Å². The fraction of sp³-hybridized carbons (Fsp3) is 0.667. The van der Waals surface area contributed by atoms with Gasteiger partial charge in [-0.05, 0) is 63.2 Å². The Balaban J connectivity index is 1.37. The van der Waals surface area contributed by atoms with E-state index in [1.165, 1.54) is 0 Å². The maximum absolute atomic E-state index is 11.8. The molecule has 0 spiro atoms. The molecule has 0 aromatic rings. The van der Waals surface area contributed by atoms with Crippen LogP contribution in [-0.2, 0) is 9.59 Å². The highest BCUT2D eigenvalue weighted by Gasteiger charge is 2.08. The monoisotopic (exact) mass is 414 g/mol. The molecule has 0 aliphatic heterocycles. The Morgan fingerprint density at radius 2 is 1.13 bits per heavy atom. The number of carbonyl (C=O) groups is 2. The summed E-state index contributed by atoms with van der Waals surface area (Å²) in [7, 11) is 0. The van der Waals surface area contributed by atoms with Crippen LogP contribution in [0, 0.1) is 11.8 Å². The highest BCUT2D eigenvalue weighted by atomic mass is 16.2. The summed E-state index contributed by atoms with van der Waals surface area (Å²) in [5.74, 6) is 0.912. The van der Waals surface area contributed by atoms with Gasteiger partial charge in [0, 0.05) is 25.3 Å². The molecule has 6 nitrogen and oxygen atoms in total. The SMILES string of the molecule is O=C(CCCCCCCCC(=O)N/N=C/C1CC=CCC1)N/N=C/C1CC=CCC1. The summed E-state index contributed by atoms with van der Waals surface area (Å²) in [6.45, 7) is 0. The lowest BCUT2D eigenvalue weighted by molar-refractivity contribution is -0.122. The van der Waals surface area contributed by atoms with Crippen molar-refractivity contribution in [1.82, 2.24) is 10.9 Å². The van der Waals surface area contributed by atoms with E-state index in [0.29, 0.717) is 24.7 Å². The zero-order chi connectivity index (χ0) is 21.3. The van der Waals surface area contributed by atoms with E-state index < -0.39 is 0 Å². The first-order valence-corrected chi connectivity index (χ1v) is 11.7. The van der Waals surface area contributed by atoms with Gasteiger partial charge in [0.25, 0.3) is 0 Å². The third-order valence-corrected chi connectivity index (χ3v) is 5.63. The first-order chi connectivity index (χ1) is 14.7. The van der Waals surface area contributed by atoms with Crippen molar-refractivity contribution in [2.75, 3.05) is 0 Å². The van der Waals surface area contributed by atoms with E-state index in [0.717, 1.165) is 77.0 Å². The minimum atomic E-state index is -0.000855. The summed E-state index contributed by atoms with van der Waals surface area (Å²) < 4.78 is 0. The Morgan fingerprint density at radius 3 is 1.53 bits per heavy atom. The van der Waals surface area contributed by atoms with Gasteiger partial charge in [-0.25, -0.2) is 10.9 Å². The van der Waals surface area contributed by atoms with Crippen molar-refractivity contribution >= 4 is 24.2 Å². The lowest BCUT2D eigenvalue weighted by atomic mass is 9.96. The predicted molar refractivity (Wildman–Crippen MR) is 123 cm³/mol. The van der Waals surface area contributed by atoms with Crippen LogP contribution in [0.1, 0.15) is 89.9 Å². The van der Waals surface area contributed by atoms with Crippen molar-refractivity contribution in [2.24, 2.45) is 22.0 Å². The number of hydrogen-bond donors (Lipinski definition) is 2. The van der Waals surface area contributed by atoms with Crippen molar-refractivity contribution in [3.8, 4) is 0 Å². The number of unbranched alkanes of at least 4 members (excludes halogenated alkanes) is 5. The van der Waals surface area contributed by atoms with Crippen molar-refractivity contribution in [3.63, 3.8) is 0 Å². The van der Waals surface area contributed by atoms with E-state index in [1.807, 2.05) is 12.4 Å². The molecular formula is C24H38N4O2. The molecule has 0 heterocycles. The van der Waals surface area contributed by atoms with Gasteiger partial charge in [0.15, 0.2) is 0 Å². The fourth-order valence-corrected chi connectivity index (χ4v) is 3.72. The number of amides is 2. The lowest BCUT2D eigenvalue weighted by Gasteiger charge is -2.11. The molecule has 0 radical (unpaired) electrons. The van der Waals surface area contributed by atoms with Gasteiger partial charge in [-0.3, -0.25) is 9.59 Å². The number of carbonyl (C=O) groups excluding carboxylic acids is 2. The largest absolute Gasteiger partial charge is 0.273 e. The lowest BCUT2D eigenvalue weighted by Crippen LogP contribution is -2.18. The first kappa shape index (κ1) is 24.0. The average Bonchev–Trinajstić information content (AvgIpc) is 2.77. The van der Waals surface area contributed by atoms with Crippen LogP contribution in [0.2, 0.25) is 0 Å². The maximum atomic E-state index is 11.8. The second-order valence-electron chi connectivity index (χ2n) is 8.34. The van der Waals surface area contributed by atoms with Gasteiger partial charge in [-0.15, -0.1) is 0 Å². The van der Waals surface area contributed by atoms with Crippen molar-refractivity contribution in [2.45, 2.75) is 89.9 Å². The van der Waals surface area contributed by atoms with Gasteiger partial charge in [0.1, 0.15) is 0 Å². The normalized spacial score (nSPS) is 21.3. The zero-order valence-corrected chi connectivity index (χ0v) is 18.2. The van der Waals surface area contributed by atoms with Crippen LogP contribution in [0.4, 0.5) is 0 Å². The molecule has 0 fully saturated rings. The van der Waals surface area contributed by atoms with Gasteiger partial charge in [-0.1, -0.05) is 50.0 Å². The molecule has 0 saturated heterocycles. The van der Waals surface area contributed by atoms with E-state index in [4.69, 9.17) is 0 Å². The number of hydrazone groups is 2. The second kappa shape index (κ2) is 15.6. The third kappa shape index (κ3) is 11.7. The van der Waals surface area contributed by atoms with E-state index >= 15 is 0 Å². The van der Waals surface area contributed by atoms with E-state index in [2.05, 4.69) is 45.4 Å². The predicted octanol–water partition coefficient (Wildman–Crippen LogP) is 5.02. The second-order valence-corrected chi connectivity index (χ2v) is 8.34. The van der Waals surface area contributed by atoms with Crippen LogP contribution >= 0.6 is 0 Å². The summed E-state index contributed by atoms with van der Waals surface area (Å²) in [5.41, 5.74) is 5.28. The topological polar surface area (TPSA) is 82.9 Å². The van der Waals surface area contributed by atoms with E-state index in [-0.39, 0.29) is 11.8 Å². The maximum Gasteiger partial charge on any atom is 0.240 e. The average molecular weight is 415 g/mol. The minimum absolute atomic E-state index is 0.000855. The summed E-state index contributed by atoms with van der Waals surface area (Å²) in [6.07, 6.45) is 26.1. The first-order valence-electron chi connectivity index (χ1n) is 11.7. The number of allylic oxidation sites excluding steroid dienone is 4. The molecule has 0 saturated carbocycles. The highest BCUT2D eigenvalue weighted by Crippen LogP contribution is 2.16. The van der Waals surface area contributed by atoms with Gasteiger partial charge >= 0.3 is 0 Å². The molecule has 0 bridgehead atoms. The minimum Gasteiger partial charge on any atom is -0.273 e. The molecule has 2 unspecified atom stereocenters. The Bertz CT molecular complexity index is 571. The van der Waals surface area contributed by atoms with Gasteiger partial charge in [0.2, 0.25) is 11.8 Å². The molecule has 0 aromatic carbocycles. The highest BCUT2D eigenvalue weighted by molar-refractivity contribution is 5.77. The molecule has 6 heteroatoms. The molecular weight excluding hydrogens is 376 g/mol. The van der Waals surface area contributed by atoms with E-state index in [9.17, 15) is 9.59 Å². The summed E-state index contributed by atoms with van der Waals surface area (Å²) >= 11 is 0. The van der Waals surface area contributed by atoms with Crippen LogP contribution in [0.25, 0.3) is 0 Å². The zero-order valence-electron chi connectivity index (χ0n) is 18.2. The Kier molecular flexibility index (Phi) is 12.5. The van der Waals surface area contributed by atoms with Gasteiger partial charge < -0.3 is 0 Å². The van der Waals surface area contributed by atoms with Crippen LogP contribution < -0.4 is 10.9 Å². The van der Waals surface area contributed by atoms with Crippen LogP contribution in [0.3, 0.4) is 0 Å². The van der Waals surface area contributed by atoms with Crippen molar-refractivity contribution in [3.05, 3.63) is 24.3 Å². The van der Waals surface area contributed by atoms with Gasteiger partial charge in [0.05, 0.1) is 0 Å². The molecule has 30 heavy (non-hydrogen) atoms. The molecule has 2 N–H and O–H groups in total. The van der Waals surface area contributed by atoms with Crippen molar-refractivity contribution < 1.29 is 9.59 Å². The molecule has 2 aliphatic carbocycles. The van der Waals surface area contributed by atoms with Crippen LogP contribution in [0.5, 0.6) is 0 Å². The van der Waals surface area contributed by atoms with Gasteiger partial charge in [-0.2, -0.15) is 10.2 Å². The molecule has 2 amide bonds. The number of nitrogens with zero attached hydrogens (tertiary/aromatic N) is 2. The Labute approximate surface area is 181 Å². The Morgan fingerprint density at radius 1 is 0.700 bits per heavy atom. The summed E-state index contributed by atoms with van der Waals surface area (Å²) in [5, 5.41) is 8.18. The fourth-order valence-electron chi connectivity index (χ4n) is 3.72. The van der Waals surface area contributed by atoms with Crippen molar-refractivity contribution in [1.29, 1.82) is 0 Å². The standard InChI is InChI=1S/C24H38N4O2/c29-23(27-25-19-21-13-7-5-8-14-21)17-11-3-1-2-4-12-18-24(30)28-26-20-22-15-9-6-10-16-22/h5-7,9,19-22H,1-4,8,10-18H2,(H,27,29)(H,28,30)/b25-19+,26-20+. The number of nitrogens with one attached hydrogen (secondary N) is 2. The summed E-state index contributed by atoms with van der Waals surface area (Å²) in [4.78, 5) is 23.6. The van der Waals surface area contributed by atoms with Crippen LogP contribution in [0.15, 0.2) is 34.5 Å². The number of hydrogen-bond acceptors (Lipinski definition) is 4. The summed E-state index contributed by atoms with van der Waals surface area (Å²) in [6, 6.07) is 0. The molecule has 0 aromatic heterocycles. The Hall–Kier alpha value is -2.24. The molecule has 2 rings (SSSR count). The quantitative estimate of drug-likeness (QED) is 0.192. The third-order valence-electron chi connectivity index (χ3n) is 5.63. The van der Waals surface area contributed by atoms with Crippen LogP contribution in [-0.4, -0.2) is 24.2 Å². The molecule has 166 valence electrons. The number of rotatable bonds is 13. The molecule has 2 aliphatic rings. The smallest absolute Gasteiger partial charge is 0.240 e.